The van der Waals surface area contributed by atoms with Crippen molar-refractivity contribution in [2.24, 2.45) is 5.92 Å². The predicted octanol–water partition coefficient (Wildman–Crippen LogP) is 3.51. The Balaban J connectivity index is 3.55. The topological polar surface area (TPSA) is 29.1 Å². The predicted molar refractivity (Wildman–Crippen MR) is 65.8 cm³/mol. The van der Waals surface area contributed by atoms with E-state index in [1.165, 1.54) is 25.7 Å². The van der Waals surface area contributed by atoms with Crippen LogP contribution in [0.4, 0.5) is 0 Å². The number of carbonyl (C=O) groups excluding carboxylic acids is 1. The van der Waals surface area contributed by atoms with Crippen molar-refractivity contribution in [3.05, 3.63) is 0 Å². The van der Waals surface area contributed by atoms with E-state index in [2.05, 4.69) is 26.1 Å². The largest absolute Gasteiger partial charge is 0.356 e. The van der Waals surface area contributed by atoms with Crippen molar-refractivity contribution in [3.8, 4) is 0 Å². The molecule has 0 bridgehead atoms. The summed E-state index contributed by atoms with van der Waals surface area (Å²) in [6.45, 7) is 7.41. The molecule has 0 radical (unpaired) electrons. The van der Waals surface area contributed by atoms with Gasteiger partial charge >= 0.3 is 0 Å². The molecule has 0 fully saturated rings. The summed E-state index contributed by atoms with van der Waals surface area (Å²) in [5, 5.41) is 3.04. The fourth-order valence-corrected chi connectivity index (χ4v) is 1.63. The number of amides is 1. The quantitative estimate of drug-likeness (QED) is 0.624. The van der Waals surface area contributed by atoms with Gasteiger partial charge in [0, 0.05) is 13.0 Å². The van der Waals surface area contributed by atoms with Crippen molar-refractivity contribution in [3.63, 3.8) is 0 Å². The second-order valence-electron chi connectivity index (χ2n) is 4.32. The highest BCUT2D eigenvalue weighted by Gasteiger charge is 2.07. The molecule has 90 valence electrons. The summed E-state index contributed by atoms with van der Waals surface area (Å²) in [7, 11) is 0. The molecule has 0 aromatic carbocycles. The summed E-state index contributed by atoms with van der Waals surface area (Å²) < 4.78 is 0. The van der Waals surface area contributed by atoms with Crippen LogP contribution >= 0.6 is 0 Å². The van der Waals surface area contributed by atoms with Gasteiger partial charge < -0.3 is 5.32 Å². The first-order chi connectivity index (χ1) is 7.24. The van der Waals surface area contributed by atoms with Gasteiger partial charge in [0.1, 0.15) is 0 Å². The van der Waals surface area contributed by atoms with Crippen LogP contribution in [0.5, 0.6) is 0 Å². The zero-order valence-electron chi connectivity index (χ0n) is 10.6. The maximum Gasteiger partial charge on any atom is 0.220 e. The zero-order chi connectivity index (χ0) is 11.5. The molecule has 0 aromatic heterocycles. The molecule has 0 heterocycles. The molecule has 2 heteroatoms. The van der Waals surface area contributed by atoms with E-state index in [0.29, 0.717) is 12.3 Å². The van der Waals surface area contributed by atoms with Gasteiger partial charge in [-0.1, -0.05) is 46.5 Å². The van der Waals surface area contributed by atoms with E-state index in [9.17, 15) is 4.79 Å². The molecule has 0 rings (SSSR count). The minimum Gasteiger partial charge on any atom is -0.356 e. The Bertz CT molecular complexity index is 157. The van der Waals surface area contributed by atoms with Crippen LogP contribution in [0.1, 0.15) is 65.7 Å². The van der Waals surface area contributed by atoms with E-state index in [4.69, 9.17) is 0 Å². The van der Waals surface area contributed by atoms with Crippen LogP contribution in [0.2, 0.25) is 0 Å². The van der Waals surface area contributed by atoms with Crippen molar-refractivity contribution < 1.29 is 4.79 Å². The van der Waals surface area contributed by atoms with Crippen LogP contribution < -0.4 is 5.32 Å². The molecule has 0 unspecified atom stereocenters. The summed E-state index contributed by atoms with van der Waals surface area (Å²) in [5.41, 5.74) is 0. The van der Waals surface area contributed by atoms with Crippen LogP contribution in [0, 0.1) is 5.92 Å². The first-order valence-corrected chi connectivity index (χ1v) is 6.51. The van der Waals surface area contributed by atoms with E-state index < -0.39 is 0 Å². The minimum atomic E-state index is 0.229. The van der Waals surface area contributed by atoms with Gasteiger partial charge in [0.05, 0.1) is 0 Å². The van der Waals surface area contributed by atoms with Gasteiger partial charge in [-0.05, 0) is 18.8 Å². The van der Waals surface area contributed by atoms with Gasteiger partial charge in [-0.3, -0.25) is 4.79 Å². The number of carbonyl (C=O) groups is 1. The van der Waals surface area contributed by atoms with E-state index in [-0.39, 0.29) is 5.91 Å². The second kappa shape index (κ2) is 10.0. The molecule has 0 aliphatic rings. The fraction of sp³-hybridized carbons (Fsp3) is 0.923. The van der Waals surface area contributed by atoms with Gasteiger partial charge in [0.15, 0.2) is 0 Å². The van der Waals surface area contributed by atoms with Crippen LogP contribution in [-0.2, 0) is 4.79 Å². The van der Waals surface area contributed by atoms with E-state index in [0.717, 1.165) is 19.4 Å². The fourth-order valence-electron chi connectivity index (χ4n) is 1.63. The average Bonchev–Trinajstić information content (AvgIpc) is 2.26. The van der Waals surface area contributed by atoms with Crippen LogP contribution in [0.25, 0.3) is 0 Å². The van der Waals surface area contributed by atoms with Crippen molar-refractivity contribution in [1.29, 1.82) is 0 Å². The number of hydrogen-bond acceptors (Lipinski definition) is 1. The number of unbranched alkanes of at least 4 members (excludes halogenated alkanes) is 2. The Kier molecular flexibility index (Phi) is 9.65. The molecule has 0 spiro atoms. The summed E-state index contributed by atoms with van der Waals surface area (Å²) >= 11 is 0. The number of nitrogens with one attached hydrogen (secondary N) is 1. The summed E-state index contributed by atoms with van der Waals surface area (Å²) in [6.07, 6.45) is 7.76. The highest BCUT2D eigenvalue weighted by atomic mass is 16.1. The molecule has 0 aliphatic carbocycles. The van der Waals surface area contributed by atoms with Crippen molar-refractivity contribution in [2.75, 3.05) is 6.54 Å². The van der Waals surface area contributed by atoms with E-state index in [1.807, 2.05) is 0 Å². The lowest BCUT2D eigenvalue weighted by Crippen LogP contribution is -2.28. The van der Waals surface area contributed by atoms with Crippen molar-refractivity contribution in [2.45, 2.75) is 65.7 Å². The molecule has 0 saturated heterocycles. The molecule has 1 amide bonds. The Hall–Kier alpha value is -0.530. The molecular weight excluding hydrogens is 186 g/mol. The molecule has 0 saturated carbocycles. The molecule has 0 aliphatic heterocycles. The molecule has 0 aromatic rings. The summed E-state index contributed by atoms with van der Waals surface area (Å²) in [5.74, 6) is 0.905. The lowest BCUT2D eigenvalue weighted by molar-refractivity contribution is -0.121. The average molecular weight is 213 g/mol. The minimum absolute atomic E-state index is 0.229. The molecule has 2 nitrogen and oxygen atoms in total. The van der Waals surface area contributed by atoms with Gasteiger partial charge in [0.2, 0.25) is 5.91 Å². The highest BCUT2D eigenvalue weighted by molar-refractivity contribution is 5.75. The summed E-state index contributed by atoms with van der Waals surface area (Å²) in [4.78, 5) is 11.4. The van der Waals surface area contributed by atoms with Gasteiger partial charge in [-0.25, -0.2) is 0 Å². The Morgan fingerprint density at radius 3 is 2.33 bits per heavy atom. The molecule has 1 atom stereocenters. The zero-order valence-corrected chi connectivity index (χ0v) is 10.6. The Morgan fingerprint density at radius 2 is 1.80 bits per heavy atom. The smallest absolute Gasteiger partial charge is 0.220 e. The van der Waals surface area contributed by atoms with Gasteiger partial charge in [-0.2, -0.15) is 0 Å². The van der Waals surface area contributed by atoms with E-state index in [1.54, 1.807) is 0 Å². The van der Waals surface area contributed by atoms with Crippen LogP contribution in [0.15, 0.2) is 0 Å². The third kappa shape index (κ3) is 8.46. The lowest BCUT2D eigenvalue weighted by atomic mass is 9.99. The Labute approximate surface area is 94.8 Å². The standard InChI is InChI=1S/C13H27NO/c1-4-7-9-12(6-3)11-14-13(15)10-8-5-2/h12H,4-11H2,1-3H3,(H,14,15)/t12-/m1/s1. The Morgan fingerprint density at radius 1 is 1.13 bits per heavy atom. The second-order valence-corrected chi connectivity index (χ2v) is 4.32. The van der Waals surface area contributed by atoms with Gasteiger partial charge in [-0.15, -0.1) is 0 Å². The molecular formula is C13H27NO. The van der Waals surface area contributed by atoms with Crippen molar-refractivity contribution in [1.82, 2.24) is 5.32 Å². The van der Waals surface area contributed by atoms with Crippen molar-refractivity contribution >= 4 is 5.91 Å². The molecule has 1 N–H and O–H groups in total. The van der Waals surface area contributed by atoms with Gasteiger partial charge in [0.25, 0.3) is 0 Å². The number of rotatable bonds is 9. The normalized spacial score (nSPS) is 12.5. The maximum absolute atomic E-state index is 11.4. The highest BCUT2D eigenvalue weighted by Crippen LogP contribution is 2.11. The number of hydrogen-bond donors (Lipinski definition) is 1. The van der Waals surface area contributed by atoms with E-state index >= 15 is 0 Å². The third-order valence-electron chi connectivity index (χ3n) is 2.89. The first kappa shape index (κ1) is 14.5. The summed E-state index contributed by atoms with van der Waals surface area (Å²) in [6, 6.07) is 0. The van der Waals surface area contributed by atoms with Crippen LogP contribution in [-0.4, -0.2) is 12.5 Å². The molecule has 15 heavy (non-hydrogen) atoms. The first-order valence-electron chi connectivity index (χ1n) is 6.51. The van der Waals surface area contributed by atoms with Crippen LogP contribution in [0.3, 0.4) is 0 Å². The monoisotopic (exact) mass is 213 g/mol. The lowest BCUT2D eigenvalue weighted by Gasteiger charge is -2.15. The third-order valence-corrected chi connectivity index (χ3v) is 2.89. The maximum atomic E-state index is 11.4. The SMILES string of the molecule is CCCCC(=O)NC[C@H](CC)CCCC.